The van der Waals surface area contributed by atoms with Gasteiger partial charge in [-0.25, -0.2) is 0 Å². The quantitative estimate of drug-likeness (QED) is 0.419. The largest absolute Gasteiger partial charge is 0.292 e. The summed E-state index contributed by atoms with van der Waals surface area (Å²) >= 11 is 0. The van der Waals surface area contributed by atoms with E-state index >= 15 is 0 Å². The number of rotatable bonds is 6. The van der Waals surface area contributed by atoms with Crippen LogP contribution in [0, 0.1) is 16.0 Å². The fourth-order valence-electron chi connectivity index (χ4n) is 1.55. The average Bonchev–Trinajstić information content (AvgIpc) is 2.28. The highest BCUT2D eigenvalue weighted by Gasteiger charge is 2.24. The Bertz CT molecular complexity index is 365. The molecule has 86 valence electrons. The van der Waals surface area contributed by atoms with E-state index in [1.807, 2.05) is 6.92 Å². The molecule has 0 aliphatic rings. The first-order valence-corrected chi connectivity index (χ1v) is 5.22. The number of nitro groups is 1. The third kappa shape index (κ3) is 3.42. The van der Waals surface area contributed by atoms with Crippen molar-refractivity contribution >= 4 is 5.78 Å². The summed E-state index contributed by atoms with van der Waals surface area (Å²) in [5, 5.41) is 10.5. The number of pyridine rings is 1. The van der Waals surface area contributed by atoms with Crippen molar-refractivity contribution < 1.29 is 9.72 Å². The van der Waals surface area contributed by atoms with Gasteiger partial charge in [0.25, 0.3) is 0 Å². The molecule has 0 aromatic carbocycles. The van der Waals surface area contributed by atoms with Gasteiger partial charge in [0.1, 0.15) is 5.69 Å². The van der Waals surface area contributed by atoms with E-state index in [-0.39, 0.29) is 12.3 Å². The van der Waals surface area contributed by atoms with Crippen LogP contribution in [0.4, 0.5) is 0 Å². The highest BCUT2D eigenvalue weighted by atomic mass is 16.6. The fourth-order valence-corrected chi connectivity index (χ4v) is 1.55. The fraction of sp³-hybridized carbons (Fsp3) is 0.455. The zero-order chi connectivity index (χ0) is 12.0. The van der Waals surface area contributed by atoms with Crippen molar-refractivity contribution in [2.75, 3.05) is 6.54 Å². The summed E-state index contributed by atoms with van der Waals surface area (Å²) in [6, 6.07) is 5.00. The highest BCUT2D eigenvalue weighted by molar-refractivity contribution is 5.96. The lowest BCUT2D eigenvalue weighted by Gasteiger charge is -2.09. The maximum absolute atomic E-state index is 11.9. The lowest BCUT2D eigenvalue weighted by atomic mass is 9.96. The molecule has 0 amide bonds. The molecule has 0 saturated heterocycles. The van der Waals surface area contributed by atoms with Gasteiger partial charge in [0.15, 0.2) is 5.78 Å². The molecule has 1 aromatic rings. The van der Waals surface area contributed by atoms with Crippen LogP contribution >= 0.6 is 0 Å². The molecule has 5 nitrogen and oxygen atoms in total. The number of nitrogens with zero attached hydrogens (tertiary/aromatic N) is 2. The number of hydrogen-bond acceptors (Lipinski definition) is 4. The number of carbonyl (C=O) groups excluding carboxylic acids is 1. The second-order valence-electron chi connectivity index (χ2n) is 3.58. The first kappa shape index (κ1) is 12.3. The minimum Gasteiger partial charge on any atom is -0.292 e. The summed E-state index contributed by atoms with van der Waals surface area (Å²) in [7, 11) is 0. The van der Waals surface area contributed by atoms with E-state index in [1.54, 1.807) is 18.2 Å². The molecular formula is C11H14N2O3. The maximum Gasteiger partial charge on any atom is 0.213 e. The van der Waals surface area contributed by atoms with Crippen molar-refractivity contribution in [1.82, 2.24) is 4.98 Å². The summed E-state index contributed by atoms with van der Waals surface area (Å²) in [5.74, 6) is -0.797. The van der Waals surface area contributed by atoms with E-state index in [9.17, 15) is 14.9 Å². The SMILES string of the molecule is CCCC(C[N+](=O)[O-])C(=O)c1ccccn1. The van der Waals surface area contributed by atoms with E-state index in [2.05, 4.69) is 4.98 Å². The Morgan fingerprint density at radius 1 is 1.56 bits per heavy atom. The van der Waals surface area contributed by atoms with Crippen LogP contribution in [0.2, 0.25) is 0 Å². The van der Waals surface area contributed by atoms with Gasteiger partial charge in [-0.3, -0.25) is 19.9 Å². The average molecular weight is 222 g/mol. The Hall–Kier alpha value is -1.78. The molecule has 0 radical (unpaired) electrons. The molecule has 0 saturated carbocycles. The smallest absolute Gasteiger partial charge is 0.213 e. The van der Waals surface area contributed by atoms with Crippen molar-refractivity contribution in [2.45, 2.75) is 19.8 Å². The summed E-state index contributed by atoms with van der Waals surface area (Å²) < 4.78 is 0. The van der Waals surface area contributed by atoms with Crippen molar-refractivity contribution in [3.63, 3.8) is 0 Å². The third-order valence-corrected chi connectivity index (χ3v) is 2.29. The van der Waals surface area contributed by atoms with Crippen LogP contribution in [0.15, 0.2) is 24.4 Å². The molecule has 5 heteroatoms. The minimum absolute atomic E-state index is 0.237. The van der Waals surface area contributed by atoms with Crippen molar-refractivity contribution in [3.05, 3.63) is 40.2 Å². The monoisotopic (exact) mass is 222 g/mol. The molecule has 0 fully saturated rings. The summed E-state index contributed by atoms with van der Waals surface area (Å²) in [5.41, 5.74) is 0.308. The van der Waals surface area contributed by atoms with Gasteiger partial charge in [0, 0.05) is 11.1 Å². The van der Waals surface area contributed by atoms with Gasteiger partial charge in [0.2, 0.25) is 6.54 Å². The summed E-state index contributed by atoms with van der Waals surface area (Å²) in [6.45, 7) is 1.59. The topological polar surface area (TPSA) is 73.1 Å². The molecule has 1 atom stereocenters. The molecule has 1 unspecified atom stereocenters. The van der Waals surface area contributed by atoms with Gasteiger partial charge in [0.05, 0.1) is 5.92 Å². The standard InChI is InChI=1S/C11H14N2O3/c1-2-5-9(8-13(15)16)11(14)10-6-3-4-7-12-10/h3-4,6-7,9H,2,5,8H2,1H3. The molecular weight excluding hydrogens is 208 g/mol. The van der Waals surface area contributed by atoms with Gasteiger partial charge in [-0.05, 0) is 18.6 Å². The van der Waals surface area contributed by atoms with Crippen LogP contribution in [0.25, 0.3) is 0 Å². The van der Waals surface area contributed by atoms with E-state index in [0.29, 0.717) is 12.1 Å². The molecule has 1 heterocycles. The van der Waals surface area contributed by atoms with E-state index in [1.165, 1.54) is 6.20 Å². The maximum atomic E-state index is 11.9. The van der Waals surface area contributed by atoms with Crippen LogP contribution < -0.4 is 0 Å². The Morgan fingerprint density at radius 3 is 2.81 bits per heavy atom. The first-order chi connectivity index (χ1) is 7.65. The molecule has 1 aromatic heterocycles. The van der Waals surface area contributed by atoms with E-state index < -0.39 is 10.8 Å². The van der Waals surface area contributed by atoms with Crippen LogP contribution in [-0.4, -0.2) is 22.2 Å². The second-order valence-corrected chi connectivity index (χ2v) is 3.58. The third-order valence-electron chi connectivity index (χ3n) is 2.29. The van der Waals surface area contributed by atoms with Crippen LogP contribution in [0.1, 0.15) is 30.3 Å². The van der Waals surface area contributed by atoms with Gasteiger partial charge in [-0.1, -0.05) is 19.4 Å². The normalized spacial score (nSPS) is 12.1. The minimum atomic E-state index is -0.560. The zero-order valence-electron chi connectivity index (χ0n) is 9.13. The van der Waals surface area contributed by atoms with Crippen LogP contribution in [0.3, 0.4) is 0 Å². The number of ketones is 1. The summed E-state index contributed by atoms with van der Waals surface area (Å²) in [6.07, 6.45) is 2.79. The predicted molar refractivity (Wildman–Crippen MR) is 58.8 cm³/mol. The van der Waals surface area contributed by atoms with Gasteiger partial charge in [-0.2, -0.15) is 0 Å². The molecule has 0 N–H and O–H groups in total. The summed E-state index contributed by atoms with van der Waals surface area (Å²) in [4.78, 5) is 25.8. The van der Waals surface area contributed by atoms with Gasteiger partial charge < -0.3 is 0 Å². The van der Waals surface area contributed by atoms with Crippen molar-refractivity contribution in [2.24, 2.45) is 5.92 Å². The number of carbonyl (C=O) groups is 1. The predicted octanol–water partition coefficient (Wildman–Crippen LogP) is 1.96. The van der Waals surface area contributed by atoms with E-state index in [0.717, 1.165) is 6.42 Å². The Labute approximate surface area is 93.7 Å². The number of hydrogen-bond donors (Lipinski definition) is 0. The zero-order valence-corrected chi connectivity index (χ0v) is 9.13. The molecule has 0 aliphatic heterocycles. The molecule has 0 bridgehead atoms. The first-order valence-electron chi connectivity index (χ1n) is 5.22. The Balaban J connectivity index is 2.78. The highest BCUT2D eigenvalue weighted by Crippen LogP contribution is 2.13. The Morgan fingerprint density at radius 2 is 2.31 bits per heavy atom. The van der Waals surface area contributed by atoms with Gasteiger partial charge in [-0.15, -0.1) is 0 Å². The van der Waals surface area contributed by atoms with Crippen LogP contribution in [0.5, 0.6) is 0 Å². The molecule has 0 spiro atoms. The molecule has 16 heavy (non-hydrogen) atoms. The Kier molecular flexibility index (Phi) is 4.57. The molecule has 1 rings (SSSR count). The number of Topliss-reactive ketones (excluding diaryl/α,β-unsaturated/α-hetero) is 1. The molecule has 0 aliphatic carbocycles. The lowest BCUT2D eigenvalue weighted by molar-refractivity contribution is -0.485. The van der Waals surface area contributed by atoms with Gasteiger partial charge >= 0.3 is 0 Å². The van der Waals surface area contributed by atoms with Crippen LogP contribution in [-0.2, 0) is 0 Å². The van der Waals surface area contributed by atoms with E-state index in [4.69, 9.17) is 0 Å². The van der Waals surface area contributed by atoms with Crippen molar-refractivity contribution in [1.29, 1.82) is 0 Å². The van der Waals surface area contributed by atoms with Crippen molar-refractivity contribution in [3.8, 4) is 0 Å². The lowest BCUT2D eigenvalue weighted by Crippen LogP contribution is -2.24. The second kappa shape index (κ2) is 5.95. The number of aromatic nitrogens is 1.